The maximum Gasteiger partial charge on any atom is 0.314 e. The zero-order chi connectivity index (χ0) is 27.7. The molecule has 0 bridgehead atoms. The Hall–Kier alpha value is -0.910. The minimum atomic E-state index is -0.449. The van der Waals surface area contributed by atoms with Crippen LogP contribution >= 0.6 is 0 Å². The summed E-state index contributed by atoms with van der Waals surface area (Å²) < 4.78 is 11.2. The lowest BCUT2D eigenvalue weighted by Gasteiger charge is -2.71. The van der Waals surface area contributed by atoms with Crippen molar-refractivity contribution in [2.75, 3.05) is 20.0 Å². The average molecular weight is 531 g/mol. The van der Waals surface area contributed by atoms with Crippen molar-refractivity contribution in [3.8, 4) is 0 Å². The van der Waals surface area contributed by atoms with E-state index in [9.17, 15) is 15.0 Å². The molecular formula is C33H54O5. The van der Waals surface area contributed by atoms with E-state index in [4.69, 9.17) is 9.47 Å². The van der Waals surface area contributed by atoms with Gasteiger partial charge in [-0.1, -0.05) is 53.2 Å². The molecule has 4 fully saturated rings. The van der Waals surface area contributed by atoms with Crippen LogP contribution < -0.4 is 0 Å². The fourth-order valence-electron chi connectivity index (χ4n) is 11.4. The van der Waals surface area contributed by atoms with Crippen molar-refractivity contribution in [2.24, 2.45) is 56.7 Å². The second-order valence-corrected chi connectivity index (χ2v) is 15.2. The number of allylic oxidation sites excluding steroid dienone is 2. The Balaban J connectivity index is 1.56. The van der Waals surface area contributed by atoms with Crippen molar-refractivity contribution in [1.82, 2.24) is 0 Å². The van der Waals surface area contributed by atoms with E-state index in [-0.39, 0.29) is 53.1 Å². The second-order valence-electron chi connectivity index (χ2n) is 15.2. The van der Waals surface area contributed by atoms with E-state index in [0.29, 0.717) is 36.7 Å². The third kappa shape index (κ3) is 3.76. The van der Waals surface area contributed by atoms with Crippen molar-refractivity contribution in [3.63, 3.8) is 0 Å². The molecule has 0 heterocycles. The van der Waals surface area contributed by atoms with E-state index < -0.39 is 5.41 Å². The molecule has 5 aliphatic carbocycles. The highest BCUT2D eigenvalue weighted by Gasteiger charge is 2.69. The fourth-order valence-corrected chi connectivity index (χ4v) is 11.4. The summed E-state index contributed by atoms with van der Waals surface area (Å²) >= 11 is 0. The number of carbonyl (C=O) groups is 1. The summed E-state index contributed by atoms with van der Waals surface area (Å²) in [6, 6.07) is 0. The van der Waals surface area contributed by atoms with Crippen molar-refractivity contribution in [1.29, 1.82) is 0 Å². The first-order valence-corrected chi connectivity index (χ1v) is 15.6. The molecule has 0 aromatic rings. The summed E-state index contributed by atoms with van der Waals surface area (Å²) in [5.41, 5.74) is 0.953. The van der Waals surface area contributed by atoms with E-state index >= 15 is 0 Å². The molecule has 38 heavy (non-hydrogen) atoms. The topological polar surface area (TPSA) is 76.0 Å². The molecule has 0 aliphatic heterocycles. The number of esters is 1. The molecule has 4 saturated carbocycles. The molecule has 2 N–H and O–H groups in total. The summed E-state index contributed by atoms with van der Waals surface area (Å²) in [4.78, 5) is 13.8. The summed E-state index contributed by atoms with van der Waals surface area (Å²) in [6.45, 7) is 17.1. The molecule has 0 amide bonds. The highest BCUT2D eigenvalue weighted by Crippen LogP contribution is 2.75. The van der Waals surface area contributed by atoms with Gasteiger partial charge in [0.05, 0.1) is 11.5 Å². The van der Waals surface area contributed by atoms with Crippen LogP contribution in [0, 0.1) is 56.7 Å². The Bertz CT molecular complexity index is 961. The molecule has 0 spiro atoms. The molecule has 0 radical (unpaired) electrons. The van der Waals surface area contributed by atoms with Crippen LogP contribution in [-0.4, -0.2) is 42.3 Å². The number of ether oxygens (including phenoxy) is 2. The largest absolute Gasteiger partial charge is 0.438 e. The third-order valence-corrected chi connectivity index (χ3v) is 13.7. The summed E-state index contributed by atoms with van der Waals surface area (Å²) in [6.07, 6.45) is 10.9. The van der Waals surface area contributed by atoms with Gasteiger partial charge in [-0.05, 0) is 116 Å². The summed E-state index contributed by atoms with van der Waals surface area (Å²) in [5, 5.41) is 21.5. The molecule has 0 saturated heterocycles. The van der Waals surface area contributed by atoms with Crippen molar-refractivity contribution >= 4 is 5.97 Å². The van der Waals surface area contributed by atoms with Crippen LogP contribution in [0.2, 0.25) is 0 Å². The molecule has 3 unspecified atom stereocenters. The summed E-state index contributed by atoms with van der Waals surface area (Å²) in [5.74, 6) is 2.04. The molecule has 5 rings (SSSR count). The lowest BCUT2D eigenvalue weighted by Crippen LogP contribution is -2.65. The molecule has 0 aromatic carbocycles. The fraction of sp³-hybridized carbons (Fsp3) is 0.909. The summed E-state index contributed by atoms with van der Waals surface area (Å²) in [7, 11) is 0. The Morgan fingerprint density at radius 3 is 2.45 bits per heavy atom. The van der Waals surface area contributed by atoms with Crippen LogP contribution in [0.5, 0.6) is 0 Å². The van der Waals surface area contributed by atoms with E-state index in [1.165, 1.54) is 5.57 Å². The van der Waals surface area contributed by atoms with E-state index in [1.807, 2.05) is 6.92 Å². The number of fused-ring (bicyclic) bond motifs is 7. The molecule has 11 atom stereocenters. The Kier molecular flexibility index (Phi) is 7.22. The monoisotopic (exact) mass is 530 g/mol. The Labute approximate surface area is 231 Å². The van der Waals surface area contributed by atoms with Crippen LogP contribution in [0.15, 0.2) is 11.6 Å². The number of hydrogen-bond donors (Lipinski definition) is 2. The van der Waals surface area contributed by atoms with E-state index in [2.05, 4.69) is 47.6 Å². The van der Waals surface area contributed by atoms with Gasteiger partial charge in [-0.2, -0.15) is 0 Å². The average Bonchev–Trinajstić information content (AvgIpc) is 2.86. The molecule has 5 heteroatoms. The smallest absolute Gasteiger partial charge is 0.314 e. The maximum atomic E-state index is 13.8. The Morgan fingerprint density at radius 2 is 1.76 bits per heavy atom. The highest BCUT2D eigenvalue weighted by atomic mass is 16.7. The number of hydrogen-bond acceptors (Lipinski definition) is 5. The lowest BCUT2D eigenvalue weighted by atomic mass is 9.33. The highest BCUT2D eigenvalue weighted by molar-refractivity contribution is 5.78. The predicted molar refractivity (Wildman–Crippen MR) is 149 cm³/mol. The SMILES string of the molecule is CCOCOC(=O)[C@]12CC[C@@H](C)[C@H](C)C1C1=CCC3[C@@]4(C)C[C@H](O)C[C@@](C)(CO)C4CC[C@@]3(C)[C@]1(C)CC2. The van der Waals surface area contributed by atoms with Crippen LogP contribution in [-0.2, 0) is 14.3 Å². The minimum Gasteiger partial charge on any atom is -0.438 e. The van der Waals surface area contributed by atoms with Crippen molar-refractivity contribution in [3.05, 3.63) is 11.6 Å². The van der Waals surface area contributed by atoms with E-state index in [0.717, 1.165) is 51.4 Å². The predicted octanol–water partition coefficient (Wildman–Crippen LogP) is 6.51. The minimum absolute atomic E-state index is 0.0103. The van der Waals surface area contributed by atoms with Gasteiger partial charge in [-0.25, -0.2) is 0 Å². The van der Waals surface area contributed by atoms with Gasteiger partial charge in [0.2, 0.25) is 0 Å². The van der Waals surface area contributed by atoms with Crippen LogP contribution in [0.1, 0.15) is 106 Å². The van der Waals surface area contributed by atoms with Gasteiger partial charge >= 0.3 is 5.97 Å². The number of carbonyl (C=O) groups excluding carboxylic acids is 1. The first kappa shape index (κ1) is 28.6. The third-order valence-electron chi connectivity index (χ3n) is 13.7. The van der Waals surface area contributed by atoms with Gasteiger partial charge in [0.1, 0.15) is 0 Å². The molecule has 0 aromatic heterocycles. The van der Waals surface area contributed by atoms with Crippen molar-refractivity contribution < 1.29 is 24.5 Å². The number of rotatable bonds is 5. The molecule has 216 valence electrons. The molecule has 5 nitrogen and oxygen atoms in total. The van der Waals surface area contributed by atoms with Gasteiger partial charge < -0.3 is 19.7 Å². The number of aliphatic hydroxyl groups excluding tert-OH is 2. The molecular weight excluding hydrogens is 476 g/mol. The van der Waals surface area contributed by atoms with Crippen molar-refractivity contribution in [2.45, 2.75) is 112 Å². The maximum absolute atomic E-state index is 13.8. The molecule has 5 aliphatic rings. The first-order valence-electron chi connectivity index (χ1n) is 15.6. The normalized spacial score (nSPS) is 52.1. The van der Waals surface area contributed by atoms with E-state index in [1.54, 1.807) is 0 Å². The van der Waals surface area contributed by atoms with Gasteiger partial charge in [-0.3, -0.25) is 4.79 Å². The van der Waals surface area contributed by atoms with Crippen LogP contribution in [0.25, 0.3) is 0 Å². The number of aliphatic hydroxyl groups is 2. The van der Waals surface area contributed by atoms with Gasteiger partial charge in [-0.15, -0.1) is 0 Å². The Morgan fingerprint density at radius 1 is 1.03 bits per heavy atom. The van der Waals surface area contributed by atoms with Gasteiger partial charge in [0, 0.05) is 13.2 Å². The quantitative estimate of drug-likeness (QED) is 0.183. The van der Waals surface area contributed by atoms with Crippen LogP contribution in [0.3, 0.4) is 0 Å². The second kappa shape index (κ2) is 9.58. The zero-order valence-electron chi connectivity index (χ0n) is 25.1. The van der Waals surface area contributed by atoms with Gasteiger partial charge in [0.15, 0.2) is 6.79 Å². The standard InChI is InChI=1S/C33H54O5/c1-8-37-20-38-28(36)33-14-11-21(2)22(3)27(33)24-9-10-26-30(5)18-23(35)17-29(4,19-34)25(30)12-13-32(26,7)31(24,6)15-16-33/h9,21-23,25-27,34-35H,8,10-20H2,1-7H3/t21-,22+,23-,25?,26?,27?,29+,30+,31-,32-,33+/m1/s1. The lowest BCUT2D eigenvalue weighted by molar-refractivity contribution is -0.212. The zero-order valence-corrected chi connectivity index (χ0v) is 25.1. The van der Waals surface area contributed by atoms with Gasteiger partial charge in [0.25, 0.3) is 0 Å². The first-order chi connectivity index (χ1) is 17.8. The van der Waals surface area contributed by atoms with Crippen LogP contribution in [0.4, 0.5) is 0 Å².